The minimum atomic E-state index is -0.617. The lowest BCUT2D eigenvalue weighted by atomic mass is 10.3. The summed E-state index contributed by atoms with van der Waals surface area (Å²) in [6, 6.07) is 2.02. The standard InChI is InChI=1S/C8H7BrFNO3/c1-2-14-7-4-5(10)3-6(9)8(7)11(12)13/h3-4H,2H2,1H3. The highest BCUT2D eigenvalue weighted by Gasteiger charge is 2.21. The summed E-state index contributed by atoms with van der Waals surface area (Å²) in [5.74, 6) is -0.643. The summed E-state index contributed by atoms with van der Waals surface area (Å²) in [6.45, 7) is 1.92. The van der Waals surface area contributed by atoms with Gasteiger partial charge in [0.1, 0.15) is 10.3 Å². The Labute approximate surface area is 88.0 Å². The number of nitro benzene ring substituents is 1. The molecule has 0 fully saturated rings. The molecule has 0 radical (unpaired) electrons. The molecule has 0 bridgehead atoms. The Bertz CT molecular complexity index is 370. The zero-order valence-corrected chi connectivity index (χ0v) is 8.88. The van der Waals surface area contributed by atoms with Crippen LogP contribution in [0, 0.1) is 15.9 Å². The highest BCUT2D eigenvalue weighted by molar-refractivity contribution is 9.10. The minimum absolute atomic E-state index is 0.0654. The Balaban J connectivity index is 3.28. The van der Waals surface area contributed by atoms with Crippen molar-refractivity contribution in [1.82, 2.24) is 0 Å². The third-order valence-corrected chi connectivity index (χ3v) is 2.08. The first-order chi connectivity index (χ1) is 6.56. The molecule has 0 saturated carbocycles. The Morgan fingerprint density at radius 1 is 1.64 bits per heavy atom. The van der Waals surface area contributed by atoms with Crippen LogP contribution >= 0.6 is 15.9 Å². The van der Waals surface area contributed by atoms with E-state index < -0.39 is 10.7 Å². The molecule has 1 rings (SSSR count). The molecule has 0 aliphatic heterocycles. The second-order valence-corrected chi connectivity index (χ2v) is 3.28. The minimum Gasteiger partial charge on any atom is -0.487 e. The van der Waals surface area contributed by atoms with Gasteiger partial charge in [-0.1, -0.05) is 0 Å². The van der Waals surface area contributed by atoms with Crippen LogP contribution in [0.25, 0.3) is 0 Å². The van der Waals surface area contributed by atoms with E-state index in [-0.39, 0.29) is 22.5 Å². The number of rotatable bonds is 3. The Hall–Kier alpha value is -1.17. The van der Waals surface area contributed by atoms with E-state index in [0.29, 0.717) is 0 Å². The molecule has 1 aromatic rings. The maximum Gasteiger partial charge on any atom is 0.325 e. The molecule has 0 unspecified atom stereocenters. The smallest absolute Gasteiger partial charge is 0.325 e. The van der Waals surface area contributed by atoms with Gasteiger partial charge in [-0.25, -0.2) is 4.39 Å². The predicted molar refractivity (Wildman–Crippen MR) is 51.9 cm³/mol. The highest BCUT2D eigenvalue weighted by Crippen LogP contribution is 2.35. The number of benzene rings is 1. The van der Waals surface area contributed by atoms with Gasteiger partial charge in [0.05, 0.1) is 11.5 Å². The summed E-state index contributed by atoms with van der Waals surface area (Å²) < 4.78 is 17.9. The Morgan fingerprint density at radius 2 is 2.29 bits per heavy atom. The SMILES string of the molecule is CCOc1cc(F)cc(Br)c1[N+](=O)[O-]. The summed E-state index contributed by atoms with van der Waals surface area (Å²) in [6.07, 6.45) is 0. The largest absolute Gasteiger partial charge is 0.487 e. The fourth-order valence-electron chi connectivity index (χ4n) is 0.985. The van der Waals surface area contributed by atoms with Crippen LogP contribution in [0.1, 0.15) is 6.92 Å². The van der Waals surface area contributed by atoms with E-state index in [0.717, 1.165) is 12.1 Å². The van der Waals surface area contributed by atoms with Crippen LogP contribution in [-0.4, -0.2) is 11.5 Å². The summed E-state index contributed by atoms with van der Waals surface area (Å²) in [5.41, 5.74) is -0.256. The molecular formula is C8H7BrFNO3. The van der Waals surface area contributed by atoms with Crippen molar-refractivity contribution in [3.8, 4) is 5.75 Å². The number of hydrogen-bond donors (Lipinski definition) is 0. The van der Waals surface area contributed by atoms with E-state index in [9.17, 15) is 14.5 Å². The molecule has 76 valence electrons. The average Bonchev–Trinajstić information content (AvgIpc) is 2.01. The van der Waals surface area contributed by atoms with Gasteiger partial charge in [-0.3, -0.25) is 10.1 Å². The van der Waals surface area contributed by atoms with Crippen molar-refractivity contribution >= 4 is 21.6 Å². The van der Waals surface area contributed by atoms with Crippen molar-refractivity contribution in [3.05, 3.63) is 32.5 Å². The van der Waals surface area contributed by atoms with E-state index in [2.05, 4.69) is 15.9 Å². The zero-order chi connectivity index (χ0) is 10.7. The molecule has 1 aromatic carbocycles. The summed E-state index contributed by atoms with van der Waals surface area (Å²) in [7, 11) is 0. The van der Waals surface area contributed by atoms with Gasteiger partial charge in [0.25, 0.3) is 0 Å². The van der Waals surface area contributed by atoms with Crippen LogP contribution in [-0.2, 0) is 0 Å². The molecule has 0 saturated heterocycles. The summed E-state index contributed by atoms with van der Waals surface area (Å²) >= 11 is 2.91. The van der Waals surface area contributed by atoms with Gasteiger partial charge in [0, 0.05) is 6.07 Å². The van der Waals surface area contributed by atoms with Crippen LogP contribution in [0.3, 0.4) is 0 Å². The van der Waals surface area contributed by atoms with E-state index in [4.69, 9.17) is 4.74 Å². The Kier molecular flexibility index (Phi) is 3.40. The van der Waals surface area contributed by atoms with Gasteiger partial charge in [-0.05, 0) is 28.9 Å². The first kappa shape index (κ1) is 10.9. The fraction of sp³-hybridized carbons (Fsp3) is 0.250. The van der Waals surface area contributed by atoms with Crippen LogP contribution in [0.5, 0.6) is 5.75 Å². The van der Waals surface area contributed by atoms with Gasteiger partial charge in [0.15, 0.2) is 0 Å². The van der Waals surface area contributed by atoms with Crippen LogP contribution in [0.2, 0.25) is 0 Å². The van der Waals surface area contributed by atoms with Gasteiger partial charge >= 0.3 is 5.69 Å². The average molecular weight is 264 g/mol. The molecule has 0 aromatic heterocycles. The van der Waals surface area contributed by atoms with E-state index in [1.165, 1.54) is 0 Å². The molecule has 4 nitrogen and oxygen atoms in total. The second-order valence-electron chi connectivity index (χ2n) is 2.42. The maximum absolute atomic E-state index is 12.9. The third kappa shape index (κ3) is 2.20. The number of nitrogens with zero attached hydrogens (tertiary/aromatic N) is 1. The lowest BCUT2D eigenvalue weighted by Gasteiger charge is -2.05. The molecule has 0 amide bonds. The molecule has 0 aliphatic rings. The van der Waals surface area contributed by atoms with Crippen LogP contribution in [0.15, 0.2) is 16.6 Å². The van der Waals surface area contributed by atoms with E-state index in [1.54, 1.807) is 6.92 Å². The molecule has 0 aliphatic carbocycles. The van der Waals surface area contributed by atoms with E-state index >= 15 is 0 Å². The Morgan fingerprint density at radius 3 is 2.79 bits per heavy atom. The number of nitro groups is 1. The van der Waals surface area contributed by atoms with Crippen LogP contribution in [0.4, 0.5) is 10.1 Å². The van der Waals surface area contributed by atoms with Gasteiger partial charge in [0.2, 0.25) is 5.75 Å². The van der Waals surface area contributed by atoms with Crippen molar-refractivity contribution in [2.45, 2.75) is 6.92 Å². The van der Waals surface area contributed by atoms with Crippen molar-refractivity contribution in [2.75, 3.05) is 6.61 Å². The predicted octanol–water partition coefficient (Wildman–Crippen LogP) is 2.90. The number of hydrogen-bond acceptors (Lipinski definition) is 3. The molecule has 0 spiro atoms. The molecule has 0 N–H and O–H groups in total. The monoisotopic (exact) mass is 263 g/mol. The fourth-order valence-corrected chi connectivity index (χ4v) is 1.54. The quantitative estimate of drug-likeness (QED) is 0.623. The normalized spacial score (nSPS) is 9.93. The number of ether oxygens (including phenoxy) is 1. The molecule has 6 heteroatoms. The van der Waals surface area contributed by atoms with Crippen molar-refractivity contribution in [1.29, 1.82) is 0 Å². The first-order valence-corrected chi connectivity index (χ1v) is 4.61. The molecule has 0 heterocycles. The van der Waals surface area contributed by atoms with Crippen LogP contribution < -0.4 is 4.74 Å². The zero-order valence-electron chi connectivity index (χ0n) is 7.29. The lowest BCUT2D eigenvalue weighted by molar-refractivity contribution is -0.386. The lowest BCUT2D eigenvalue weighted by Crippen LogP contribution is -1.99. The van der Waals surface area contributed by atoms with Gasteiger partial charge in [-0.15, -0.1) is 0 Å². The first-order valence-electron chi connectivity index (χ1n) is 3.82. The maximum atomic E-state index is 12.9. The molecular weight excluding hydrogens is 257 g/mol. The highest BCUT2D eigenvalue weighted by atomic mass is 79.9. The van der Waals surface area contributed by atoms with Gasteiger partial charge in [-0.2, -0.15) is 0 Å². The third-order valence-electron chi connectivity index (χ3n) is 1.48. The van der Waals surface area contributed by atoms with E-state index in [1.807, 2.05) is 0 Å². The van der Waals surface area contributed by atoms with Gasteiger partial charge < -0.3 is 4.74 Å². The van der Waals surface area contributed by atoms with Crippen molar-refractivity contribution in [2.24, 2.45) is 0 Å². The molecule has 0 atom stereocenters. The van der Waals surface area contributed by atoms with Crippen molar-refractivity contribution < 1.29 is 14.1 Å². The number of halogens is 2. The summed E-state index contributed by atoms with van der Waals surface area (Å²) in [4.78, 5) is 9.99. The van der Waals surface area contributed by atoms with Crippen molar-refractivity contribution in [3.63, 3.8) is 0 Å². The second kappa shape index (κ2) is 4.36. The summed E-state index contributed by atoms with van der Waals surface area (Å²) in [5, 5.41) is 10.6. The topological polar surface area (TPSA) is 52.4 Å². The molecule has 14 heavy (non-hydrogen) atoms.